The number of nitrogens with zero attached hydrogens (tertiary/aromatic N) is 1. The van der Waals surface area contributed by atoms with E-state index in [1.54, 1.807) is 0 Å². The maximum absolute atomic E-state index is 12.4. The van der Waals surface area contributed by atoms with Crippen LogP contribution in [-0.4, -0.2) is 37.7 Å². The average molecular weight is 327 g/mol. The first kappa shape index (κ1) is 14.9. The molecule has 114 valence electrons. The van der Waals surface area contributed by atoms with Gasteiger partial charge >= 0.3 is 0 Å². The largest absolute Gasteiger partial charge is 0.348 e. The lowest BCUT2D eigenvalue weighted by Gasteiger charge is -2.16. The lowest BCUT2D eigenvalue weighted by atomic mass is 10.3. The highest BCUT2D eigenvalue weighted by Gasteiger charge is 2.33. The van der Waals surface area contributed by atoms with Crippen LogP contribution in [0.2, 0.25) is 0 Å². The van der Waals surface area contributed by atoms with Crippen molar-refractivity contribution < 1.29 is 17.9 Å². The minimum absolute atomic E-state index is 0.0247. The summed E-state index contributed by atoms with van der Waals surface area (Å²) < 4.78 is 36.9. The number of hydrogen-bond acceptors (Lipinski definition) is 6. The molecule has 0 radical (unpaired) electrons. The van der Waals surface area contributed by atoms with Crippen LogP contribution in [0.1, 0.15) is 20.3 Å². The Morgan fingerprint density at radius 2 is 2.14 bits per heavy atom. The van der Waals surface area contributed by atoms with Crippen LogP contribution >= 0.6 is 11.3 Å². The third-order valence-electron chi connectivity index (χ3n) is 3.32. The van der Waals surface area contributed by atoms with E-state index in [1.165, 1.54) is 11.3 Å². The molecule has 0 unspecified atom stereocenters. The fourth-order valence-electron chi connectivity index (χ4n) is 2.26. The average Bonchev–Trinajstić information content (AvgIpc) is 3.00. The lowest BCUT2D eigenvalue weighted by Crippen LogP contribution is -2.22. The Morgan fingerprint density at radius 1 is 1.38 bits per heavy atom. The van der Waals surface area contributed by atoms with E-state index in [2.05, 4.69) is 4.98 Å². The van der Waals surface area contributed by atoms with Gasteiger partial charge in [-0.05, 0) is 32.4 Å². The van der Waals surface area contributed by atoms with E-state index in [1.807, 2.05) is 38.1 Å². The predicted octanol–water partition coefficient (Wildman–Crippen LogP) is 2.61. The fraction of sp³-hybridized carbons (Fsp3) is 0.500. The number of para-hydroxylation sites is 1. The SMILES string of the molecule is CC1(C)OC[C@H](CCS(=O)(=O)c2nc3ccccc3s2)O1. The maximum Gasteiger partial charge on any atom is 0.210 e. The molecule has 21 heavy (non-hydrogen) atoms. The van der Waals surface area contributed by atoms with E-state index >= 15 is 0 Å². The fourth-order valence-corrected chi connectivity index (χ4v) is 4.97. The van der Waals surface area contributed by atoms with Crippen molar-refractivity contribution in [2.45, 2.75) is 36.5 Å². The van der Waals surface area contributed by atoms with Gasteiger partial charge in [0, 0.05) is 0 Å². The molecule has 0 N–H and O–H groups in total. The predicted molar refractivity (Wildman–Crippen MR) is 81.2 cm³/mol. The van der Waals surface area contributed by atoms with E-state index < -0.39 is 15.6 Å². The molecule has 7 heteroatoms. The third-order valence-corrected chi connectivity index (χ3v) is 6.56. The van der Waals surface area contributed by atoms with Gasteiger partial charge < -0.3 is 9.47 Å². The minimum atomic E-state index is -3.38. The van der Waals surface area contributed by atoms with Gasteiger partial charge in [-0.2, -0.15) is 0 Å². The monoisotopic (exact) mass is 327 g/mol. The molecule has 0 amide bonds. The molecule has 2 aromatic rings. The summed E-state index contributed by atoms with van der Waals surface area (Å²) in [6.07, 6.45) is 0.242. The summed E-state index contributed by atoms with van der Waals surface area (Å²) in [4.78, 5) is 4.22. The van der Waals surface area contributed by atoms with E-state index in [0.29, 0.717) is 13.0 Å². The van der Waals surface area contributed by atoms with Crippen molar-refractivity contribution in [2.75, 3.05) is 12.4 Å². The molecule has 1 aliphatic rings. The van der Waals surface area contributed by atoms with Gasteiger partial charge in [0.1, 0.15) is 0 Å². The molecule has 5 nitrogen and oxygen atoms in total. The van der Waals surface area contributed by atoms with Gasteiger partial charge in [0.2, 0.25) is 14.2 Å². The Labute approximate surface area is 127 Å². The molecule has 3 rings (SSSR count). The maximum atomic E-state index is 12.4. The zero-order valence-corrected chi connectivity index (χ0v) is 13.5. The van der Waals surface area contributed by atoms with Crippen molar-refractivity contribution in [1.29, 1.82) is 0 Å². The van der Waals surface area contributed by atoms with Crippen LogP contribution < -0.4 is 0 Å². The highest BCUT2D eigenvalue weighted by molar-refractivity contribution is 7.93. The Kier molecular flexibility index (Phi) is 3.77. The summed E-state index contributed by atoms with van der Waals surface area (Å²) in [5, 5.41) is 0. The summed E-state index contributed by atoms with van der Waals surface area (Å²) >= 11 is 1.22. The van der Waals surface area contributed by atoms with Gasteiger partial charge in [-0.1, -0.05) is 12.1 Å². The highest BCUT2D eigenvalue weighted by atomic mass is 32.2. The lowest BCUT2D eigenvalue weighted by molar-refractivity contribution is -0.138. The Bertz CT molecular complexity index is 718. The number of ether oxygens (including phenoxy) is 2. The Balaban J connectivity index is 1.72. The molecular weight excluding hydrogens is 310 g/mol. The zero-order chi connectivity index (χ0) is 15.1. The topological polar surface area (TPSA) is 65.5 Å². The van der Waals surface area contributed by atoms with Gasteiger partial charge in [0.25, 0.3) is 0 Å². The van der Waals surface area contributed by atoms with Gasteiger partial charge in [-0.25, -0.2) is 13.4 Å². The molecule has 1 aromatic heterocycles. The van der Waals surface area contributed by atoms with Crippen LogP contribution in [0.4, 0.5) is 0 Å². The van der Waals surface area contributed by atoms with Crippen molar-refractivity contribution in [2.24, 2.45) is 0 Å². The molecule has 1 atom stereocenters. The van der Waals surface area contributed by atoms with E-state index in [9.17, 15) is 8.42 Å². The summed E-state index contributed by atoms with van der Waals surface area (Å²) in [6, 6.07) is 7.43. The second-order valence-corrected chi connectivity index (χ2v) is 8.82. The van der Waals surface area contributed by atoms with Crippen molar-refractivity contribution >= 4 is 31.4 Å². The smallest absolute Gasteiger partial charge is 0.210 e. The highest BCUT2D eigenvalue weighted by Crippen LogP contribution is 2.28. The van der Waals surface area contributed by atoms with Crippen LogP contribution in [0.3, 0.4) is 0 Å². The van der Waals surface area contributed by atoms with Crippen LogP contribution in [0.5, 0.6) is 0 Å². The van der Waals surface area contributed by atoms with Gasteiger partial charge in [-0.3, -0.25) is 0 Å². The van der Waals surface area contributed by atoms with Gasteiger partial charge in [0.05, 0.1) is 28.7 Å². The number of aromatic nitrogens is 1. The number of hydrogen-bond donors (Lipinski definition) is 0. The van der Waals surface area contributed by atoms with Crippen molar-refractivity contribution in [1.82, 2.24) is 4.98 Å². The number of sulfone groups is 1. The molecule has 1 aromatic carbocycles. The molecule has 2 heterocycles. The summed E-state index contributed by atoms with van der Waals surface area (Å²) in [7, 11) is -3.38. The molecule has 0 saturated carbocycles. The second kappa shape index (κ2) is 5.31. The first-order valence-corrected chi connectivity index (χ1v) is 9.23. The second-order valence-electron chi connectivity index (χ2n) is 5.51. The van der Waals surface area contributed by atoms with E-state index in [0.717, 1.165) is 10.2 Å². The number of fused-ring (bicyclic) bond motifs is 1. The third kappa shape index (κ3) is 3.26. The van der Waals surface area contributed by atoms with Gasteiger partial charge in [0.15, 0.2) is 5.79 Å². The Hall–Kier alpha value is -1.02. The standard InChI is InChI=1S/C14H17NO4S2/c1-14(2)18-9-10(19-14)7-8-21(16,17)13-15-11-5-3-4-6-12(11)20-13/h3-6,10H,7-9H2,1-2H3/t10-/m0/s1. The quantitative estimate of drug-likeness (QED) is 0.863. The summed E-state index contributed by atoms with van der Waals surface area (Å²) in [5.74, 6) is -0.596. The molecule has 1 fully saturated rings. The van der Waals surface area contributed by atoms with E-state index in [-0.39, 0.29) is 16.2 Å². The van der Waals surface area contributed by atoms with Crippen molar-refractivity contribution in [3.8, 4) is 0 Å². The van der Waals surface area contributed by atoms with E-state index in [4.69, 9.17) is 9.47 Å². The number of benzene rings is 1. The van der Waals surface area contributed by atoms with Crippen molar-refractivity contribution in [3.05, 3.63) is 24.3 Å². The first-order chi connectivity index (χ1) is 9.86. The molecule has 0 spiro atoms. The summed E-state index contributed by atoms with van der Waals surface area (Å²) in [5.41, 5.74) is 0.725. The Morgan fingerprint density at radius 3 is 2.81 bits per heavy atom. The number of rotatable bonds is 4. The van der Waals surface area contributed by atoms with Crippen LogP contribution in [0.25, 0.3) is 10.2 Å². The molecule has 1 aliphatic heterocycles. The van der Waals surface area contributed by atoms with Gasteiger partial charge in [-0.15, -0.1) is 11.3 Å². The zero-order valence-electron chi connectivity index (χ0n) is 11.9. The first-order valence-electron chi connectivity index (χ1n) is 6.76. The normalized spacial score (nSPS) is 21.9. The summed E-state index contributed by atoms with van der Waals surface area (Å²) in [6.45, 7) is 4.09. The molecular formula is C14H17NO4S2. The van der Waals surface area contributed by atoms with Crippen LogP contribution in [0, 0.1) is 0 Å². The molecule has 0 bridgehead atoms. The van der Waals surface area contributed by atoms with Crippen LogP contribution in [0.15, 0.2) is 28.6 Å². The van der Waals surface area contributed by atoms with Crippen LogP contribution in [-0.2, 0) is 19.3 Å². The molecule has 0 aliphatic carbocycles. The van der Waals surface area contributed by atoms with Crippen molar-refractivity contribution in [3.63, 3.8) is 0 Å². The molecule has 1 saturated heterocycles. The minimum Gasteiger partial charge on any atom is -0.348 e. The number of thiazole rings is 1.